The summed E-state index contributed by atoms with van der Waals surface area (Å²) in [5.41, 5.74) is 1.91. The van der Waals surface area contributed by atoms with Crippen LogP contribution in [-0.4, -0.2) is 14.2 Å². The molecule has 0 unspecified atom stereocenters. The van der Waals surface area contributed by atoms with E-state index in [2.05, 4.69) is 5.32 Å². The summed E-state index contributed by atoms with van der Waals surface area (Å²) < 4.78 is 23.6. The van der Waals surface area contributed by atoms with Crippen molar-refractivity contribution in [1.82, 2.24) is 5.32 Å². The van der Waals surface area contributed by atoms with Gasteiger partial charge in [0.1, 0.15) is 17.3 Å². The molecule has 0 atom stereocenters. The van der Waals surface area contributed by atoms with E-state index in [4.69, 9.17) is 21.1 Å². The predicted octanol–water partition coefficient (Wildman–Crippen LogP) is 3.79. The van der Waals surface area contributed by atoms with Crippen molar-refractivity contribution < 1.29 is 13.9 Å². The van der Waals surface area contributed by atoms with Crippen LogP contribution in [0, 0.1) is 5.82 Å². The fourth-order valence-corrected chi connectivity index (χ4v) is 2.21. The van der Waals surface area contributed by atoms with Crippen molar-refractivity contribution in [1.29, 1.82) is 0 Å². The quantitative estimate of drug-likeness (QED) is 0.880. The van der Waals surface area contributed by atoms with E-state index in [1.165, 1.54) is 6.07 Å². The molecule has 1 N–H and O–H groups in total. The van der Waals surface area contributed by atoms with Crippen LogP contribution in [-0.2, 0) is 13.1 Å². The third kappa shape index (κ3) is 4.09. The summed E-state index contributed by atoms with van der Waals surface area (Å²) >= 11 is 5.76. The second kappa shape index (κ2) is 7.29. The first-order valence-corrected chi connectivity index (χ1v) is 6.87. The van der Waals surface area contributed by atoms with E-state index < -0.39 is 5.82 Å². The highest BCUT2D eigenvalue weighted by molar-refractivity contribution is 6.30. The maximum atomic E-state index is 13.1. The van der Waals surface area contributed by atoms with Gasteiger partial charge in [-0.25, -0.2) is 4.39 Å². The molecule has 2 aromatic rings. The third-order valence-electron chi connectivity index (χ3n) is 3.12. The van der Waals surface area contributed by atoms with Gasteiger partial charge >= 0.3 is 0 Å². The van der Waals surface area contributed by atoms with Gasteiger partial charge in [0, 0.05) is 18.7 Å². The van der Waals surface area contributed by atoms with Crippen molar-refractivity contribution in [3.8, 4) is 11.5 Å². The Labute approximate surface area is 128 Å². The van der Waals surface area contributed by atoms with E-state index in [-0.39, 0.29) is 5.02 Å². The molecule has 0 bridgehead atoms. The van der Waals surface area contributed by atoms with Gasteiger partial charge in [-0.2, -0.15) is 0 Å². The van der Waals surface area contributed by atoms with Crippen molar-refractivity contribution in [3.63, 3.8) is 0 Å². The molecule has 0 heterocycles. The summed E-state index contributed by atoms with van der Waals surface area (Å²) in [4.78, 5) is 0. The molecule has 0 amide bonds. The van der Waals surface area contributed by atoms with Crippen molar-refractivity contribution >= 4 is 11.6 Å². The summed E-state index contributed by atoms with van der Waals surface area (Å²) in [6.07, 6.45) is 0. The zero-order chi connectivity index (χ0) is 15.2. The second-order valence-electron chi connectivity index (χ2n) is 4.53. The normalized spacial score (nSPS) is 10.5. The maximum Gasteiger partial charge on any atom is 0.141 e. The number of hydrogen-bond acceptors (Lipinski definition) is 3. The number of methoxy groups -OCH3 is 2. The lowest BCUT2D eigenvalue weighted by Crippen LogP contribution is -2.13. The van der Waals surface area contributed by atoms with Gasteiger partial charge in [0.25, 0.3) is 0 Å². The second-order valence-corrected chi connectivity index (χ2v) is 4.94. The number of ether oxygens (including phenoxy) is 2. The number of halogens is 2. The van der Waals surface area contributed by atoms with Gasteiger partial charge in [-0.05, 0) is 35.9 Å². The smallest absolute Gasteiger partial charge is 0.141 e. The minimum atomic E-state index is -0.408. The first kappa shape index (κ1) is 15.6. The molecule has 0 aromatic heterocycles. The Morgan fingerprint density at radius 1 is 1.05 bits per heavy atom. The van der Waals surface area contributed by atoms with Crippen LogP contribution in [0.1, 0.15) is 11.1 Å². The van der Waals surface area contributed by atoms with E-state index in [0.29, 0.717) is 13.1 Å². The Morgan fingerprint density at radius 3 is 2.52 bits per heavy atom. The number of hydrogen-bond donors (Lipinski definition) is 1. The number of rotatable bonds is 6. The van der Waals surface area contributed by atoms with Crippen LogP contribution in [0.15, 0.2) is 36.4 Å². The van der Waals surface area contributed by atoms with E-state index in [1.807, 2.05) is 18.2 Å². The molecule has 0 fully saturated rings. The fraction of sp³-hybridized carbons (Fsp3) is 0.250. The highest BCUT2D eigenvalue weighted by Gasteiger charge is 2.05. The van der Waals surface area contributed by atoms with Gasteiger partial charge in [0.2, 0.25) is 0 Å². The molecule has 0 radical (unpaired) electrons. The summed E-state index contributed by atoms with van der Waals surface area (Å²) in [6.45, 7) is 1.19. The standard InChI is InChI=1S/C16H17ClFNO2/c1-20-13-4-6-16(21-2)12(8-13)10-19-9-11-3-5-15(18)14(17)7-11/h3-8,19H,9-10H2,1-2H3. The van der Waals surface area contributed by atoms with Gasteiger partial charge < -0.3 is 14.8 Å². The van der Waals surface area contributed by atoms with Crippen LogP contribution < -0.4 is 14.8 Å². The van der Waals surface area contributed by atoms with Crippen molar-refractivity contribution in [2.45, 2.75) is 13.1 Å². The van der Waals surface area contributed by atoms with Crippen molar-refractivity contribution in [3.05, 3.63) is 58.4 Å². The molecule has 112 valence electrons. The van der Waals surface area contributed by atoms with E-state index >= 15 is 0 Å². The largest absolute Gasteiger partial charge is 0.497 e. The minimum Gasteiger partial charge on any atom is -0.497 e. The predicted molar refractivity (Wildman–Crippen MR) is 81.5 cm³/mol. The Kier molecular flexibility index (Phi) is 5.42. The molecule has 3 nitrogen and oxygen atoms in total. The lowest BCUT2D eigenvalue weighted by molar-refractivity contribution is 0.397. The molecule has 0 saturated carbocycles. The summed E-state index contributed by atoms with van der Waals surface area (Å²) in [5, 5.41) is 3.41. The first-order chi connectivity index (χ1) is 10.1. The summed E-state index contributed by atoms with van der Waals surface area (Å²) in [7, 11) is 3.25. The van der Waals surface area contributed by atoms with Crippen LogP contribution in [0.5, 0.6) is 11.5 Å². The molecular formula is C16H17ClFNO2. The lowest BCUT2D eigenvalue weighted by atomic mass is 10.1. The molecule has 0 aliphatic carbocycles. The average Bonchev–Trinajstić information content (AvgIpc) is 2.50. The number of nitrogens with one attached hydrogen (secondary N) is 1. The summed E-state index contributed by atoms with van der Waals surface area (Å²) in [5.74, 6) is 1.16. The summed E-state index contributed by atoms with van der Waals surface area (Å²) in [6, 6.07) is 10.3. The Bertz CT molecular complexity index is 619. The van der Waals surface area contributed by atoms with E-state index in [9.17, 15) is 4.39 Å². The fourth-order valence-electron chi connectivity index (χ4n) is 2.01. The Balaban J connectivity index is 2.00. The van der Waals surface area contributed by atoms with Crippen LogP contribution in [0.3, 0.4) is 0 Å². The zero-order valence-corrected chi connectivity index (χ0v) is 12.7. The highest BCUT2D eigenvalue weighted by atomic mass is 35.5. The molecule has 2 aromatic carbocycles. The molecule has 0 saturated heterocycles. The van der Waals surface area contributed by atoms with Gasteiger partial charge in [-0.3, -0.25) is 0 Å². The third-order valence-corrected chi connectivity index (χ3v) is 3.41. The SMILES string of the molecule is COc1ccc(OC)c(CNCc2ccc(F)c(Cl)c2)c1. The minimum absolute atomic E-state index is 0.133. The molecule has 0 aliphatic heterocycles. The lowest BCUT2D eigenvalue weighted by Gasteiger charge is -2.11. The van der Waals surface area contributed by atoms with Crippen LogP contribution in [0.2, 0.25) is 5.02 Å². The Hall–Kier alpha value is -1.78. The molecular weight excluding hydrogens is 293 g/mol. The Morgan fingerprint density at radius 2 is 1.86 bits per heavy atom. The van der Waals surface area contributed by atoms with E-state index in [0.717, 1.165) is 22.6 Å². The molecule has 2 rings (SSSR count). The maximum absolute atomic E-state index is 13.1. The zero-order valence-electron chi connectivity index (χ0n) is 12.0. The average molecular weight is 310 g/mol. The first-order valence-electron chi connectivity index (χ1n) is 6.49. The topological polar surface area (TPSA) is 30.5 Å². The molecule has 21 heavy (non-hydrogen) atoms. The van der Waals surface area contributed by atoms with E-state index in [1.54, 1.807) is 26.4 Å². The number of benzene rings is 2. The molecule has 5 heteroatoms. The van der Waals surface area contributed by atoms with Crippen molar-refractivity contribution in [2.75, 3.05) is 14.2 Å². The van der Waals surface area contributed by atoms with Crippen LogP contribution in [0.4, 0.5) is 4.39 Å². The van der Waals surface area contributed by atoms with Crippen molar-refractivity contribution in [2.24, 2.45) is 0 Å². The van der Waals surface area contributed by atoms with Gasteiger partial charge in [-0.1, -0.05) is 17.7 Å². The van der Waals surface area contributed by atoms with Crippen LogP contribution >= 0.6 is 11.6 Å². The molecule has 0 spiro atoms. The highest BCUT2D eigenvalue weighted by Crippen LogP contribution is 2.24. The van der Waals surface area contributed by atoms with Crippen LogP contribution in [0.25, 0.3) is 0 Å². The van der Waals surface area contributed by atoms with Gasteiger partial charge in [0.15, 0.2) is 0 Å². The van der Waals surface area contributed by atoms with Gasteiger partial charge in [-0.15, -0.1) is 0 Å². The molecule has 0 aliphatic rings. The monoisotopic (exact) mass is 309 g/mol. The van der Waals surface area contributed by atoms with Gasteiger partial charge in [0.05, 0.1) is 19.2 Å².